The molecule has 10 nitrogen and oxygen atoms in total. The molecule has 7 atom stereocenters. The number of carbonyl (C=O) groups is 4. The number of nitro benzene ring substituents is 1. The monoisotopic (exact) mass is 626 g/mol. The Morgan fingerprint density at radius 3 is 2.18 bits per heavy atom. The van der Waals surface area contributed by atoms with Gasteiger partial charge in [0.25, 0.3) is 0 Å². The first-order chi connectivity index (χ1) is 21.7. The van der Waals surface area contributed by atoms with Crippen LogP contribution in [-0.2, 0) is 25.5 Å². The summed E-state index contributed by atoms with van der Waals surface area (Å²) >= 11 is 6.10. The minimum atomic E-state index is -1.20. The molecule has 4 aliphatic carbocycles. The highest BCUT2D eigenvalue weighted by atomic mass is 35.5. The lowest BCUT2D eigenvalue weighted by Crippen LogP contribution is -2.48. The molecule has 5 aliphatic rings. The van der Waals surface area contributed by atoms with E-state index in [1.807, 2.05) is 30.3 Å². The fraction of sp³-hybridized carbons (Fsp3) is 0.294. The van der Waals surface area contributed by atoms with Crippen LogP contribution in [0, 0.1) is 45.6 Å². The predicted molar refractivity (Wildman–Crippen MR) is 160 cm³/mol. The summed E-state index contributed by atoms with van der Waals surface area (Å²) in [5.74, 6) is -2.01. The molecule has 228 valence electrons. The Morgan fingerprint density at radius 1 is 0.911 bits per heavy atom. The van der Waals surface area contributed by atoms with Gasteiger partial charge in [0, 0.05) is 18.1 Å². The predicted octanol–water partition coefficient (Wildman–Crippen LogP) is 5.43. The van der Waals surface area contributed by atoms with Gasteiger partial charge in [-0.1, -0.05) is 60.2 Å². The quantitative estimate of drug-likeness (QED) is 0.0726. The molecule has 2 saturated carbocycles. The molecule has 2 bridgehead atoms. The van der Waals surface area contributed by atoms with Crippen LogP contribution in [0.15, 0.2) is 84.9 Å². The number of halogens is 1. The van der Waals surface area contributed by atoms with E-state index >= 15 is 0 Å². The van der Waals surface area contributed by atoms with Crippen molar-refractivity contribution in [2.45, 2.75) is 18.9 Å². The van der Waals surface area contributed by atoms with E-state index in [-0.39, 0.29) is 57.8 Å². The van der Waals surface area contributed by atoms with Gasteiger partial charge in [-0.15, -0.1) is 0 Å². The third kappa shape index (κ3) is 5.08. The normalized spacial score (nSPS) is 26.2. The number of esters is 1. The Hall–Kier alpha value is -4.83. The lowest BCUT2D eigenvalue weighted by Gasteiger charge is -2.37. The number of amides is 2. The van der Waals surface area contributed by atoms with E-state index in [1.165, 1.54) is 42.5 Å². The van der Waals surface area contributed by atoms with E-state index in [4.69, 9.17) is 21.1 Å². The Bertz CT molecular complexity index is 1720. The van der Waals surface area contributed by atoms with Gasteiger partial charge in [0.1, 0.15) is 11.8 Å². The second-order valence-electron chi connectivity index (χ2n) is 11.9. The first-order valence-corrected chi connectivity index (χ1v) is 15.1. The van der Waals surface area contributed by atoms with Crippen LogP contribution in [0.2, 0.25) is 5.02 Å². The van der Waals surface area contributed by atoms with E-state index < -0.39 is 41.2 Å². The largest absolute Gasteiger partial charge is 0.456 e. The summed E-state index contributed by atoms with van der Waals surface area (Å²) in [6.07, 6.45) is 5.24. The summed E-state index contributed by atoms with van der Waals surface area (Å²) < 4.78 is 11.1. The maximum atomic E-state index is 13.8. The fourth-order valence-corrected chi connectivity index (χ4v) is 7.50. The van der Waals surface area contributed by atoms with Crippen molar-refractivity contribution in [1.29, 1.82) is 0 Å². The van der Waals surface area contributed by atoms with Crippen molar-refractivity contribution in [1.82, 2.24) is 4.90 Å². The zero-order valence-corrected chi connectivity index (χ0v) is 24.5. The molecular formula is C34H27ClN2O8. The zero-order chi connectivity index (χ0) is 31.4. The molecule has 3 aromatic carbocycles. The number of hydrogen-bond acceptors (Lipinski definition) is 8. The lowest BCUT2D eigenvalue weighted by molar-refractivity contribution is -0.385. The molecule has 0 aromatic heterocycles. The highest BCUT2D eigenvalue weighted by molar-refractivity contribution is 6.32. The molecule has 11 heteroatoms. The highest BCUT2D eigenvalue weighted by Crippen LogP contribution is 2.65. The summed E-state index contributed by atoms with van der Waals surface area (Å²) in [6, 6.07) is 17.8. The number of nitrogens with zero attached hydrogens (tertiary/aromatic N) is 2. The van der Waals surface area contributed by atoms with Crippen molar-refractivity contribution >= 4 is 40.9 Å². The average Bonchev–Trinajstić information content (AvgIpc) is 3.83. The van der Waals surface area contributed by atoms with E-state index in [1.54, 1.807) is 0 Å². The number of carbonyl (C=O) groups excluding carboxylic acids is 4. The summed E-state index contributed by atoms with van der Waals surface area (Å²) in [7, 11) is 0. The van der Waals surface area contributed by atoms with Gasteiger partial charge in [-0.25, -0.2) is 4.79 Å². The van der Waals surface area contributed by atoms with Gasteiger partial charge in [0.2, 0.25) is 17.6 Å². The molecule has 1 aliphatic heterocycles. The molecule has 1 heterocycles. The summed E-state index contributed by atoms with van der Waals surface area (Å²) in [6.45, 7) is -0.611. The molecule has 0 radical (unpaired) electrons. The van der Waals surface area contributed by atoms with Crippen LogP contribution in [-0.4, -0.2) is 46.0 Å². The van der Waals surface area contributed by atoms with Crippen LogP contribution in [0.3, 0.4) is 0 Å². The summed E-state index contributed by atoms with van der Waals surface area (Å²) in [5.41, 5.74) is 0.638. The van der Waals surface area contributed by atoms with Crippen LogP contribution in [0.25, 0.3) is 0 Å². The molecule has 3 aromatic rings. The van der Waals surface area contributed by atoms with Crippen LogP contribution in [0.5, 0.6) is 11.5 Å². The minimum Gasteiger partial charge on any atom is -0.456 e. The number of imide groups is 1. The minimum absolute atomic E-state index is 0.0115. The molecule has 45 heavy (non-hydrogen) atoms. The van der Waals surface area contributed by atoms with Gasteiger partial charge >= 0.3 is 11.7 Å². The number of para-hydroxylation sites is 1. The van der Waals surface area contributed by atoms with Gasteiger partial charge in [-0.2, -0.15) is 0 Å². The molecule has 2 amide bonds. The fourth-order valence-electron chi connectivity index (χ4n) is 7.29. The highest BCUT2D eigenvalue weighted by Gasteiger charge is 2.68. The number of ether oxygens (including phenoxy) is 2. The number of likely N-dealkylation sites (tertiary alicyclic amines) is 1. The van der Waals surface area contributed by atoms with Crippen molar-refractivity contribution in [2.75, 3.05) is 6.61 Å². The van der Waals surface area contributed by atoms with Gasteiger partial charge in [0.15, 0.2) is 12.4 Å². The number of ketones is 1. The molecule has 3 fully saturated rings. The number of hydrogen-bond donors (Lipinski definition) is 0. The number of nitro groups is 1. The van der Waals surface area contributed by atoms with E-state index in [0.29, 0.717) is 11.8 Å². The molecule has 0 unspecified atom stereocenters. The maximum absolute atomic E-state index is 13.8. The van der Waals surface area contributed by atoms with Crippen molar-refractivity contribution in [3.63, 3.8) is 0 Å². The number of benzene rings is 3. The number of allylic oxidation sites excluding steroid dienone is 2. The smallest absolute Gasteiger partial charge is 0.330 e. The van der Waals surface area contributed by atoms with Gasteiger partial charge in [0.05, 0.1) is 21.8 Å². The first kappa shape index (κ1) is 28.9. The van der Waals surface area contributed by atoms with Crippen molar-refractivity contribution in [3.05, 3.63) is 111 Å². The third-order valence-electron chi connectivity index (χ3n) is 9.44. The van der Waals surface area contributed by atoms with Crippen LogP contribution in [0.4, 0.5) is 5.69 Å². The second kappa shape index (κ2) is 11.3. The van der Waals surface area contributed by atoms with E-state index in [9.17, 15) is 29.3 Å². The molecular weight excluding hydrogens is 600 g/mol. The number of Topliss-reactive ketones (excluding diaryl/α,β-unsaturated/α-hetero) is 1. The lowest BCUT2D eigenvalue weighted by atomic mass is 9.63. The third-order valence-corrected chi connectivity index (χ3v) is 9.73. The molecule has 0 spiro atoms. The van der Waals surface area contributed by atoms with Crippen molar-refractivity contribution in [2.24, 2.45) is 35.5 Å². The summed E-state index contributed by atoms with van der Waals surface area (Å²) in [5, 5.41) is 11.4. The van der Waals surface area contributed by atoms with Crippen molar-refractivity contribution in [3.8, 4) is 11.5 Å². The number of rotatable bonds is 10. The second-order valence-corrected chi connectivity index (χ2v) is 12.3. The van der Waals surface area contributed by atoms with E-state index in [0.717, 1.165) is 16.9 Å². The van der Waals surface area contributed by atoms with Gasteiger partial charge in [-0.3, -0.25) is 29.4 Å². The van der Waals surface area contributed by atoms with Crippen LogP contribution < -0.4 is 4.74 Å². The van der Waals surface area contributed by atoms with Gasteiger partial charge in [-0.05, 0) is 66.0 Å². The average molecular weight is 627 g/mol. The van der Waals surface area contributed by atoms with Crippen LogP contribution >= 0.6 is 11.6 Å². The Kier molecular flexibility index (Phi) is 7.24. The SMILES string of the molecule is O=C(COC(=O)[C@H](Cc1ccccc1)N1C(=O)[C@@H]2[C@H]3C=C[C@@H]([C@@H]4C[C@@H]34)[C@@H]2C1=O)c1ccc(Oc2c(Cl)cccc2[N+](=O)[O-])cc1. The maximum Gasteiger partial charge on any atom is 0.330 e. The van der Waals surface area contributed by atoms with Gasteiger partial charge < -0.3 is 9.47 Å². The summed E-state index contributed by atoms with van der Waals surface area (Å²) in [4.78, 5) is 66.0. The zero-order valence-electron chi connectivity index (χ0n) is 23.8. The van der Waals surface area contributed by atoms with Crippen LogP contribution in [0.1, 0.15) is 22.3 Å². The van der Waals surface area contributed by atoms with E-state index in [2.05, 4.69) is 12.2 Å². The van der Waals surface area contributed by atoms with Crippen molar-refractivity contribution < 1.29 is 33.6 Å². The Labute approximate surface area is 262 Å². The molecule has 0 N–H and O–H groups in total. The Morgan fingerprint density at radius 2 is 1.56 bits per heavy atom. The molecule has 1 saturated heterocycles. The Balaban J connectivity index is 1.06. The molecule has 8 rings (SSSR count). The topological polar surface area (TPSA) is 133 Å². The standard InChI is InChI=1S/C34H27ClN2O8/c35-25-7-4-8-26(37(42)43)31(25)45-20-11-9-19(10-12-20)28(38)17-44-34(41)27(15-18-5-2-1-3-6-18)36-32(39)29-21-13-14-22(24-16-23(21)24)30(29)33(36)40/h1-14,21-24,27,29-30H,15-17H2/t21-,22-,23-,24-,27-,29-,30+/m0/s1. The first-order valence-electron chi connectivity index (χ1n) is 14.7.